The van der Waals surface area contributed by atoms with Crippen LogP contribution in [0, 0.1) is 11.3 Å². The first-order valence-electron chi connectivity index (χ1n) is 4.93. The molecule has 102 valence electrons. The summed E-state index contributed by atoms with van der Waals surface area (Å²) in [5, 5.41) is 15.6. The van der Waals surface area contributed by atoms with Crippen LogP contribution in [0.1, 0.15) is 0 Å². The Kier molecular flexibility index (Phi) is 5.29. The molecule has 0 bridgehead atoms. The Morgan fingerprint density at radius 3 is 2.79 bits per heavy atom. The first kappa shape index (κ1) is 15.4. The van der Waals surface area contributed by atoms with Gasteiger partial charge in [0.1, 0.15) is 17.2 Å². The number of ether oxygens (including phenoxy) is 1. The van der Waals surface area contributed by atoms with E-state index in [0.717, 1.165) is 0 Å². The smallest absolute Gasteiger partial charge is 0.258 e. The molecule has 0 aliphatic carbocycles. The summed E-state index contributed by atoms with van der Waals surface area (Å²) in [6, 6.07) is 5.94. The van der Waals surface area contributed by atoms with Crippen LogP contribution in [0.3, 0.4) is 0 Å². The molecule has 0 aromatic heterocycles. The van der Waals surface area contributed by atoms with Crippen LogP contribution >= 0.6 is 15.9 Å². The second kappa shape index (κ2) is 6.51. The van der Waals surface area contributed by atoms with Gasteiger partial charge in [-0.15, -0.1) is 0 Å². The van der Waals surface area contributed by atoms with Crippen molar-refractivity contribution in [2.75, 3.05) is 13.2 Å². The van der Waals surface area contributed by atoms with Crippen LogP contribution in [-0.4, -0.2) is 27.5 Å². The summed E-state index contributed by atoms with van der Waals surface area (Å²) in [7, 11) is -3.96. The number of benzene rings is 1. The molecule has 0 atom stereocenters. The maximum atomic E-state index is 11.4. The Morgan fingerprint density at radius 2 is 2.21 bits per heavy atom. The van der Waals surface area contributed by atoms with E-state index in [2.05, 4.69) is 21.2 Å². The lowest BCUT2D eigenvalue weighted by Gasteiger charge is -2.10. The third-order valence-corrected chi connectivity index (χ3v) is 3.36. The molecule has 9 heteroatoms. The van der Waals surface area contributed by atoms with Crippen molar-refractivity contribution >= 4 is 31.9 Å². The quantitative estimate of drug-likeness (QED) is 0.732. The van der Waals surface area contributed by atoms with Gasteiger partial charge in [0.05, 0.1) is 6.07 Å². The van der Waals surface area contributed by atoms with Gasteiger partial charge in [0.2, 0.25) is 10.0 Å². The predicted octanol–water partition coefficient (Wildman–Crippen LogP) is 0.115. The number of sulfonamides is 1. The highest BCUT2D eigenvalue weighted by Crippen LogP contribution is 2.26. The highest BCUT2D eigenvalue weighted by molar-refractivity contribution is 9.10. The van der Waals surface area contributed by atoms with Crippen molar-refractivity contribution in [3.05, 3.63) is 22.7 Å². The zero-order chi connectivity index (χ0) is 14.5. The van der Waals surface area contributed by atoms with Gasteiger partial charge in [-0.25, -0.2) is 13.6 Å². The van der Waals surface area contributed by atoms with Crippen LogP contribution in [0.5, 0.6) is 5.75 Å². The molecule has 19 heavy (non-hydrogen) atoms. The Labute approximate surface area is 118 Å². The number of carbonyl (C=O) groups excluding carboxylic acids is 1. The molecule has 3 N–H and O–H groups in total. The lowest BCUT2D eigenvalue weighted by atomic mass is 10.3. The van der Waals surface area contributed by atoms with Gasteiger partial charge in [-0.2, -0.15) is 5.26 Å². The third kappa shape index (κ3) is 4.86. The molecule has 0 radical (unpaired) electrons. The van der Waals surface area contributed by atoms with Crippen LogP contribution in [0.4, 0.5) is 0 Å². The number of nitrogens with zero attached hydrogens (tertiary/aromatic N) is 1. The van der Waals surface area contributed by atoms with Crippen LogP contribution in [0.25, 0.3) is 0 Å². The zero-order valence-corrected chi connectivity index (χ0v) is 12.0. The number of amides is 1. The van der Waals surface area contributed by atoms with Gasteiger partial charge in [-0.3, -0.25) is 4.79 Å². The number of hydrogen-bond donors (Lipinski definition) is 2. The van der Waals surface area contributed by atoms with E-state index < -0.39 is 22.5 Å². The minimum atomic E-state index is -3.96. The Hall–Kier alpha value is -1.63. The number of halogens is 1. The summed E-state index contributed by atoms with van der Waals surface area (Å²) >= 11 is 3.11. The summed E-state index contributed by atoms with van der Waals surface area (Å²) in [6.07, 6.45) is 0. The molecule has 1 aromatic carbocycles. The zero-order valence-electron chi connectivity index (χ0n) is 9.59. The molecule has 0 spiro atoms. The molecule has 0 unspecified atom stereocenters. The van der Waals surface area contributed by atoms with Gasteiger partial charge in [0.25, 0.3) is 5.91 Å². The molecular weight excluding hydrogens is 338 g/mol. The van der Waals surface area contributed by atoms with Crippen molar-refractivity contribution in [2.24, 2.45) is 5.14 Å². The molecule has 1 rings (SSSR count). The van der Waals surface area contributed by atoms with Crippen molar-refractivity contribution in [1.29, 1.82) is 5.26 Å². The Morgan fingerprint density at radius 1 is 1.53 bits per heavy atom. The number of rotatable bonds is 5. The fourth-order valence-corrected chi connectivity index (χ4v) is 2.37. The molecule has 0 fully saturated rings. The minimum absolute atomic E-state index is 0.0298. The number of hydrogen-bond acceptors (Lipinski definition) is 5. The van der Waals surface area contributed by atoms with Gasteiger partial charge in [-0.05, 0) is 18.2 Å². The monoisotopic (exact) mass is 347 g/mol. The van der Waals surface area contributed by atoms with Gasteiger partial charge >= 0.3 is 0 Å². The summed E-state index contributed by atoms with van der Waals surface area (Å²) in [4.78, 5) is 11.0. The normalized spacial score (nSPS) is 10.6. The van der Waals surface area contributed by atoms with Crippen LogP contribution < -0.4 is 15.2 Å². The first-order chi connectivity index (χ1) is 8.84. The molecule has 7 nitrogen and oxygen atoms in total. The fraction of sp³-hybridized carbons (Fsp3) is 0.200. The predicted molar refractivity (Wildman–Crippen MR) is 69.6 cm³/mol. The molecule has 0 aliphatic rings. The summed E-state index contributed by atoms with van der Waals surface area (Å²) in [5.41, 5.74) is 0. The van der Waals surface area contributed by atoms with E-state index in [0.29, 0.717) is 4.47 Å². The molecule has 0 heterocycles. The van der Waals surface area contributed by atoms with Gasteiger partial charge in [0, 0.05) is 4.47 Å². The van der Waals surface area contributed by atoms with Gasteiger partial charge in [-0.1, -0.05) is 15.9 Å². The second-order valence-electron chi connectivity index (χ2n) is 3.36. The molecular formula is C10H10BrN3O4S. The standard InChI is InChI=1S/C10H10BrN3O4S/c11-7-1-2-8(9(5-7)19(13,16)17)18-6-10(15)14-4-3-12/h1-2,5H,4,6H2,(H,14,15)(H2,13,16,17). The maximum absolute atomic E-state index is 11.4. The third-order valence-electron chi connectivity index (χ3n) is 1.94. The van der Waals surface area contributed by atoms with E-state index in [1.54, 1.807) is 12.1 Å². The van der Waals surface area contributed by atoms with E-state index in [4.69, 9.17) is 15.1 Å². The topological polar surface area (TPSA) is 122 Å². The Bertz CT molecular complexity index is 624. The highest BCUT2D eigenvalue weighted by atomic mass is 79.9. The minimum Gasteiger partial charge on any atom is -0.482 e. The SMILES string of the molecule is N#CCNC(=O)COc1ccc(Br)cc1S(N)(=O)=O. The van der Waals surface area contributed by atoms with Crippen molar-refractivity contribution in [3.8, 4) is 11.8 Å². The highest BCUT2D eigenvalue weighted by Gasteiger charge is 2.16. The maximum Gasteiger partial charge on any atom is 0.258 e. The van der Waals surface area contributed by atoms with E-state index in [1.165, 1.54) is 12.1 Å². The van der Waals surface area contributed by atoms with Gasteiger partial charge in [0.15, 0.2) is 6.61 Å². The lowest BCUT2D eigenvalue weighted by Crippen LogP contribution is -2.29. The molecule has 0 saturated heterocycles. The molecule has 0 aliphatic heterocycles. The van der Waals surface area contributed by atoms with Crippen LogP contribution in [0.2, 0.25) is 0 Å². The summed E-state index contributed by atoms with van der Waals surface area (Å²) in [5.74, 6) is -0.567. The summed E-state index contributed by atoms with van der Waals surface area (Å²) in [6.45, 7) is -0.559. The van der Waals surface area contributed by atoms with Crippen molar-refractivity contribution < 1.29 is 17.9 Å². The second-order valence-corrected chi connectivity index (χ2v) is 5.81. The molecule has 1 aromatic rings. The fourth-order valence-electron chi connectivity index (χ4n) is 1.16. The Balaban J connectivity index is 2.85. The average Bonchev–Trinajstić information content (AvgIpc) is 2.33. The summed E-state index contributed by atoms with van der Waals surface area (Å²) < 4.78 is 28.3. The number of nitriles is 1. The van der Waals surface area contributed by atoms with Crippen LogP contribution in [0.15, 0.2) is 27.6 Å². The average molecular weight is 348 g/mol. The lowest BCUT2D eigenvalue weighted by molar-refractivity contribution is -0.122. The number of nitrogens with one attached hydrogen (secondary N) is 1. The van der Waals surface area contributed by atoms with E-state index in [-0.39, 0.29) is 17.2 Å². The molecule has 0 saturated carbocycles. The molecule has 1 amide bonds. The number of primary sulfonamides is 1. The van der Waals surface area contributed by atoms with Crippen LogP contribution in [-0.2, 0) is 14.8 Å². The van der Waals surface area contributed by atoms with E-state index in [9.17, 15) is 13.2 Å². The van der Waals surface area contributed by atoms with Crippen molar-refractivity contribution in [2.45, 2.75) is 4.90 Å². The van der Waals surface area contributed by atoms with E-state index >= 15 is 0 Å². The van der Waals surface area contributed by atoms with Gasteiger partial charge < -0.3 is 10.1 Å². The largest absolute Gasteiger partial charge is 0.482 e. The van der Waals surface area contributed by atoms with E-state index in [1.807, 2.05) is 0 Å². The first-order valence-corrected chi connectivity index (χ1v) is 7.27. The number of carbonyl (C=O) groups is 1. The van der Waals surface area contributed by atoms with Crippen molar-refractivity contribution in [3.63, 3.8) is 0 Å². The van der Waals surface area contributed by atoms with Crippen molar-refractivity contribution in [1.82, 2.24) is 5.32 Å². The number of nitrogens with two attached hydrogens (primary N) is 1.